The van der Waals surface area contributed by atoms with E-state index >= 15 is 0 Å². The van der Waals surface area contributed by atoms with E-state index in [-0.39, 0.29) is 5.76 Å². The van der Waals surface area contributed by atoms with Crippen LogP contribution in [-0.2, 0) is 6.54 Å². The van der Waals surface area contributed by atoms with Crippen molar-refractivity contribution >= 4 is 11.7 Å². The van der Waals surface area contributed by atoms with E-state index in [9.17, 15) is 4.79 Å². The molecule has 1 aromatic carbocycles. The molecule has 0 saturated carbocycles. The Hall–Kier alpha value is -2.67. The summed E-state index contributed by atoms with van der Waals surface area (Å²) in [7, 11) is 0. The lowest BCUT2D eigenvalue weighted by Gasteiger charge is -2.05. The molecule has 90 valence electrons. The highest BCUT2D eigenvalue weighted by molar-refractivity contribution is 5.86. The van der Waals surface area contributed by atoms with Gasteiger partial charge in [-0.05, 0) is 24.3 Å². The van der Waals surface area contributed by atoms with E-state index in [4.69, 9.17) is 15.9 Å². The van der Waals surface area contributed by atoms with E-state index in [1.807, 2.05) is 24.3 Å². The first-order chi connectivity index (χ1) is 8.70. The first-order valence-electron chi connectivity index (χ1n) is 5.31. The van der Waals surface area contributed by atoms with Crippen LogP contribution in [0.5, 0.6) is 0 Å². The quantitative estimate of drug-likeness (QED) is 0.807. The molecule has 2 N–H and O–H groups in total. The molecule has 0 atom stereocenters. The second kappa shape index (κ2) is 5.11. The van der Waals surface area contributed by atoms with E-state index in [1.165, 1.54) is 6.26 Å². The van der Waals surface area contributed by atoms with Crippen molar-refractivity contribution in [2.45, 2.75) is 6.54 Å². The number of rotatable bonds is 4. The lowest BCUT2D eigenvalue weighted by molar-refractivity contribution is 0.0661. The fourth-order valence-corrected chi connectivity index (χ4v) is 1.58. The summed E-state index contributed by atoms with van der Waals surface area (Å²) in [6.45, 7) is 0.367. The molecule has 0 bridgehead atoms. The molecule has 2 rings (SSSR count). The van der Waals surface area contributed by atoms with Gasteiger partial charge in [0.2, 0.25) is 5.76 Å². The van der Waals surface area contributed by atoms with Gasteiger partial charge in [0.05, 0.1) is 6.26 Å². The first kappa shape index (κ1) is 11.8. The zero-order chi connectivity index (χ0) is 13.0. The highest BCUT2D eigenvalue weighted by Gasteiger charge is 2.13. The van der Waals surface area contributed by atoms with Gasteiger partial charge in [-0.3, -0.25) is 0 Å². The van der Waals surface area contributed by atoms with Gasteiger partial charge in [0.25, 0.3) is 0 Å². The minimum absolute atomic E-state index is 0.0457. The number of aromatic carboxylic acids is 1. The van der Waals surface area contributed by atoms with Crippen molar-refractivity contribution < 1.29 is 14.3 Å². The average molecular weight is 241 g/mol. The molecule has 0 aliphatic rings. The van der Waals surface area contributed by atoms with Crippen LogP contribution in [0.1, 0.15) is 21.7 Å². The smallest absolute Gasteiger partial charge is 0.372 e. The molecule has 4 nitrogen and oxygen atoms in total. The van der Waals surface area contributed by atoms with Gasteiger partial charge in [-0.1, -0.05) is 12.0 Å². The number of carboxylic acid groups (broad SMARTS) is 1. The van der Waals surface area contributed by atoms with Crippen molar-refractivity contribution in [2.75, 3.05) is 5.32 Å². The van der Waals surface area contributed by atoms with Crippen molar-refractivity contribution in [2.24, 2.45) is 0 Å². The maximum Gasteiger partial charge on any atom is 0.372 e. The molecule has 0 unspecified atom stereocenters. The topological polar surface area (TPSA) is 62.5 Å². The molecule has 0 fully saturated rings. The second-order valence-corrected chi connectivity index (χ2v) is 3.66. The van der Waals surface area contributed by atoms with Crippen LogP contribution in [0, 0.1) is 12.3 Å². The van der Waals surface area contributed by atoms with E-state index in [0.717, 1.165) is 11.3 Å². The minimum Gasteiger partial charge on any atom is -0.475 e. The minimum atomic E-state index is -1.07. The van der Waals surface area contributed by atoms with Gasteiger partial charge in [0.15, 0.2) is 0 Å². The van der Waals surface area contributed by atoms with Crippen molar-refractivity contribution in [3.05, 3.63) is 53.5 Å². The van der Waals surface area contributed by atoms with Gasteiger partial charge in [-0.25, -0.2) is 4.79 Å². The van der Waals surface area contributed by atoms with Crippen LogP contribution in [0.15, 0.2) is 41.0 Å². The second-order valence-electron chi connectivity index (χ2n) is 3.66. The third-order valence-electron chi connectivity index (χ3n) is 2.45. The number of carbonyl (C=O) groups is 1. The van der Waals surface area contributed by atoms with E-state index in [2.05, 4.69) is 11.2 Å². The zero-order valence-electron chi connectivity index (χ0n) is 9.51. The number of benzene rings is 1. The number of carboxylic acids is 1. The van der Waals surface area contributed by atoms with E-state index < -0.39 is 5.97 Å². The summed E-state index contributed by atoms with van der Waals surface area (Å²) in [6.07, 6.45) is 6.66. The predicted octanol–water partition coefficient (Wildman–Crippen LogP) is 2.57. The Morgan fingerprint density at radius 3 is 3.00 bits per heavy atom. The number of anilines is 1. The molecule has 0 radical (unpaired) electrons. The van der Waals surface area contributed by atoms with Gasteiger partial charge in [-0.15, -0.1) is 6.42 Å². The fourth-order valence-electron chi connectivity index (χ4n) is 1.58. The molecule has 4 heteroatoms. The summed E-state index contributed by atoms with van der Waals surface area (Å²) in [4.78, 5) is 10.8. The van der Waals surface area contributed by atoms with Gasteiger partial charge < -0.3 is 14.8 Å². The molecule has 0 saturated heterocycles. The lowest BCUT2D eigenvalue weighted by Crippen LogP contribution is -2.04. The highest BCUT2D eigenvalue weighted by atomic mass is 16.4. The summed E-state index contributed by atoms with van der Waals surface area (Å²) in [6, 6.07) is 8.97. The van der Waals surface area contributed by atoms with Crippen LogP contribution in [0.2, 0.25) is 0 Å². The van der Waals surface area contributed by atoms with E-state index in [1.54, 1.807) is 6.07 Å². The summed E-state index contributed by atoms with van der Waals surface area (Å²) in [5, 5.41) is 12.0. The summed E-state index contributed by atoms with van der Waals surface area (Å²) in [5.74, 6) is 1.42. The first-order valence-corrected chi connectivity index (χ1v) is 5.31. The Balaban J connectivity index is 2.09. The standard InChI is InChI=1S/C14H11NO3/c1-2-10-4-3-5-12(8-10)15-9-11-6-7-18-13(11)14(16)17/h1,3-8,15H,9H2,(H,16,17). The molecule has 0 spiro atoms. The predicted molar refractivity (Wildman–Crippen MR) is 67.4 cm³/mol. The number of hydrogen-bond acceptors (Lipinski definition) is 3. The molecule has 0 amide bonds. The summed E-state index contributed by atoms with van der Waals surface area (Å²) >= 11 is 0. The Kier molecular flexibility index (Phi) is 3.35. The van der Waals surface area contributed by atoms with Crippen molar-refractivity contribution in [1.82, 2.24) is 0 Å². The van der Waals surface area contributed by atoms with Crippen LogP contribution in [0.4, 0.5) is 5.69 Å². The Labute approximate surface area is 104 Å². The molecule has 1 aromatic heterocycles. The van der Waals surface area contributed by atoms with Crippen LogP contribution in [0.3, 0.4) is 0 Å². The third-order valence-corrected chi connectivity index (χ3v) is 2.45. The molecule has 0 aliphatic heterocycles. The third kappa shape index (κ3) is 2.53. The average Bonchev–Trinajstić information content (AvgIpc) is 2.85. The fraction of sp³-hybridized carbons (Fsp3) is 0.0714. The van der Waals surface area contributed by atoms with E-state index in [0.29, 0.717) is 12.1 Å². The van der Waals surface area contributed by atoms with Crippen molar-refractivity contribution in [3.8, 4) is 12.3 Å². The lowest BCUT2D eigenvalue weighted by atomic mass is 10.2. The Bertz CT molecular complexity index is 607. The maximum absolute atomic E-state index is 10.8. The Morgan fingerprint density at radius 2 is 2.28 bits per heavy atom. The molecular formula is C14H11NO3. The highest BCUT2D eigenvalue weighted by Crippen LogP contribution is 2.15. The summed E-state index contributed by atoms with van der Waals surface area (Å²) < 4.78 is 4.89. The van der Waals surface area contributed by atoms with Crippen molar-refractivity contribution in [1.29, 1.82) is 0 Å². The molecular weight excluding hydrogens is 230 g/mol. The molecule has 2 aromatic rings. The van der Waals surface area contributed by atoms with Gasteiger partial charge in [0.1, 0.15) is 0 Å². The molecule has 18 heavy (non-hydrogen) atoms. The van der Waals surface area contributed by atoms with Crippen LogP contribution < -0.4 is 5.32 Å². The SMILES string of the molecule is C#Cc1cccc(NCc2ccoc2C(=O)O)c1. The number of hydrogen-bond donors (Lipinski definition) is 2. The van der Waals surface area contributed by atoms with Gasteiger partial charge in [0, 0.05) is 23.4 Å². The largest absolute Gasteiger partial charge is 0.475 e. The van der Waals surface area contributed by atoms with Gasteiger partial charge >= 0.3 is 5.97 Å². The monoisotopic (exact) mass is 241 g/mol. The molecule has 1 heterocycles. The van der Waals surface area contributed by atoms with Crippen LogP contribution >= 0.6 is 0 Å². The molecule has 0 aliphatic carbocycles. The Morgan fingerprint density at radius 1 is 1.44 bits per heavy atom. The van der Waals surface area contributed by atoms with Crippen LogP contribution in [-0.4, -0.2) is 11.1 Å². The van der Waals surface area contributed by atoms with Crippen molar-refractivity contribution in [3.63, 3.8) is 0 Å². The number of terminal acetylenes is 1. The summed E-state index contributed by atoms with van der Waals surface area (Å²) in [5.41, 5.74) is 2.20. The zero-order valence-corrected chi connectivity index (χ0v) is 9.51. The van der Waals surface area contributed by atoms with Gasteiger partial charge in [-0.2, -0.15) is 0 Å². The maximum atomic E-state index is 10.8. The number of furan rings is 1. The number of nitrogens with one attached hydrogen (secondary N) is 1. The van der Waals surface area contributed by atoms with Crippen LogP contribution in [0.25, 0.3) is 0 Å². The normalized spacial score (nSPS) is 9.72.